The lowest BCUT2D eigenvalue weighted by Crippen LogP contribution is -2.34. The monoisotopic (exact) mass is 536 g/mol. The van der Waals surface area contributed by atoms with Crippen molar-refractivity contribution in [1.29, 1.82) is 0 Å². The van der Waals surface area contributed by atoms with E-state index >= 15 is 0 Å². The summed E-state index contributed by atoms with van der Waals surface area (Å²) in [4.78, 5) is 47.5. The Hall–Kier alpha value is -5.50. The molecule has 0 bridgehead atoms. The van der Waals surface area contributed by atoms with Crippen LogP contribution in [0.2, 0.25) is 0 Å². The summed E-state index contributed by atoms with van der Waals surface area (Å²) in [7, 11) is 0. The summed E-state index contributed by atoms with van der Waals surface area (Å²) >= 11 is 0. The molecule has 202 valence electrons. The Kier molecular flexibility index (Phi) is 7.91. The number of hydrogen-bond acceptors (Lipinski definition) is 7. The maximum absolute atomic E-state index is 14.0. The van der Waals surface area contributed by atoms with Gasteiger partial charge in [0.2, 0.25) is 5.91 Å². The Balaban J connectivity index is 0.00000370. The van der Waals surface area contributed by atoms with Crippen LogP contribution in [0.15, 0.2) is 71.7 Å². The maximum Gasteiger partial charge on any atom is 0.274 e. The van der Waals surface area contributed by atoms with Gasteiger partial charge in [-0.15, -0.1) is 0 Å². The van der Waals surface area contributed by atoms with Crippen molar-refractivity contribution in [2.75, 3.05) is 12.3 Å². The minimum Gasteiger partial charge on any atom is -0.382 e. The van der Waals surface area contributed by atoms with Gasteiger partial charge in [0.05, 0.1) is 29.2 Å². The third-order valence-corrected chi connectivity index (χ3v) is 5.96. The number of nitrogen functional groups attached to an aromatic ring is 1. The zero-order valence-electron chi connectivity index (χ0n) is 21.2. The molecular formula is C29H28N8O3. The van der Waals surface area contributed by atoms with Crippen LogP contribution in [0, 0.1) is 11.8 Å². The normalized spacial score (nSPS) is 11.2. The van der Waals surface area contributed by atoms with Crippen molar-refractivity contribution in [2.24, 2.45) is 0 Å². The highest BCUT2D eigenvalue weighted by Gasteiger charge is 2.24. The number of imidazole rings is 1. The first-order valence-corrected chi connectivity index (χ1v) is 12.1. The quantitative estimate of drug-likeness (QED) is 0.292. The number of hydrogen-bond donors (Lipinski definition) is 3. The second-order valence-electron chi connectivity index (χ2n) is 8.69. The number of para-hydroxylation sites is 1. The summed E-state index contributed by atoms with van der Waals surface area (Å²) in [6.45, 7) is 3.28. The summed E-state index contributed by atoms with van der Waals surface area (Å²) in [6, 6.07) is 16.9. The Morgan fingerprint density at radius 1 is 1.05 bits per heavy atom. The molecule has 0 spiro atoms. The van der Waals surface area contributed by atoms with Crippen LogP contribution in [0.3, 0.4) is 0 Å². The summed E-state index contributed by atoms with van der Waals surface area (Å²) in [6.07, 6.45) is 1.53. The van der Waals surface area contributed by atoms with Gasteiger partial charge < -0.3 is 16.4 Å². The number of aromatic nitrogens is 5. The Bertz CT molecular complexity index is 1850. The lowest BCUT2D eigenvalue weighted by Gasteiger charge is -2.20. The van der Waals surface area contributed by atoms with Crippen molar-refractivity contribution in [3.63, 3.8) is 0 Å². The van der Waals surface area contributed by atoms with E-state index in [1.54, 1.807) is 49.4 Å². The smallest absolute Gasteiger partial charge is 0.274 e. The van der Waals surface area contributed by atoms with E-state index in [-0.39, 0.29) is 36.9 Å². The van der Waals surface area contributed by atoms with E-state index in [1.807, 2.05) is 18.2 Å². The van der Waals surface area contributed by atoms with Gasteiger partial charge in [0.15, 0.2) is 17.2 Å². The minimum absolute atomic E-state index is 0. The van der Waals surface area contributed by atoms with E-state index in [9.17, 15) is 14.4 Å². The van der Waals surface area contributed by atoms with Gasteiger partial charge in [-0.1, -0.05) is 43.5 Å². The molecule has 1 atom stereocenters. The molecule has 4 N–H and O–H groups in total. The third kappa shape index (κ3) is 5.23. The molecular weight excluding hydrogens is 508 g/mol. The minimum atomic E-state index is -0.710. The van der Waals surface area contributed by atoms with Gasteiger partial charge in [-0.05, 0) is 43.3 Å². The zero-order valence-corrected chi connectivity index (χ0v) is 21.2. The SMILES string of the molecule is C.CC(=O)NCC#Cc1cccc2nc([C@H](C)NC(=O)c3c(N)nc4cccnn34)n(-c3ccccc3)c(=O)c12. The molecule has 11 nitrogen and oxygen atoms in total. The summed E-state index contributed by atoms with van der Waals surface area (Å²) in [5.41, 5.74) is 7.68. The number of nitrogens with zero attached hydrogens (tertiary/aromatic N) is 5. The lowest BCUT2D eigenvalue weighted by molar-refractivity contribution is -0.118. The maximum atomic E-state index is 14.0. The summed E-state index contributed by atoms with van der Waals surface area (Å²) in [5, 5.41) is 10.0. The molecule has 5 rings (SSSR count). The highest BCUT2D eigenvalue weighted by molar-refractivity contribution is 5.98. The van der Waals surface area contributed by atoms with E-state index in [4.69, 9.17) is 10.7 Å². The van der Waals surface area contributed by atoms with E-state index in [2.05, 4.69) is 32.6 Å². The molecule has 0 aliphatic heterocycles. The molecule has 0 aliphatic carbocycles. The second-order valence-corrected chi connectivity index (χ2v) is 8.69. The highest BCUT2D eigenvalue weighted by Crippen LogP contribution is 2.21. The van der Waals surface area contributed by atoms with Crippen LogP contribution in [0.4, 0.5) is 5.82 Å². The number of nitrogens with one attached hydrogen (secondary N) is 2. The number of fused-ring (bicyclic) bond motifs is 2. The van der Waals surface area contributed by atoms with Crippen LogP contribution in [0.25, 0.3) is 22.2 Å². The average Bonchev–Trinajstić information content (AvgIpc) is 3.27. The van der Waals surface area contributed by atoms with Crippen molar-refractivity contribution in [3.8, 4) is 17.5 Å². The van der Waals surface area contributed by atoms with E-state index in [1.165, 1.54) is 22.2 Å². The van der Waals surface area contributed by atoms with Crippen molar-refractivity contribution < 1.29 is 9.59 Å². The van der Waals surface area contributed by atoms with Crippen molar-refractivity contribution in [1.82, 2.24) is 34.8 Å². The first kappa shape index (κ1) is 27.5. The molecule has 0 saturated heterocycles. The van der Waals surface area contributed by atoms with Gasteiger partial charge in [0.25, 0.3) is 11.5 Å². The van der Waals surface area contributed by atoms with Crippen LogP contribution in [0.1, 0.15) is 49.2 Å². The fourth-order valence-corrected chi connectivity index (χ4v) is 4.22. The van der Waals surface area contributed by atoms with Gasteiger partial charge >= 0.3 is 0 Å². The molecule has 2 amide bonds. The van der Waals surface area contributed by atoms with Crippen LogP contribution in [0.5, 0.6) is 0 Å². The Labute approximate surface area is 230 Å². The van der Waals surface area contributed by atoms with E-state index in [0.29, 0.717) is 33.6 Å². The number of rotatable bonds is 5. The topological polar surface area (TPSA) is 149 Å². The predicted octanol–water partition coefficient (Wildman–Crippen LogP) is 2.63. The van der Waals surface area contributed by atoms with Gasteiger partial charge in [-0.3, -0.25) is 19.0 Å². The fraction of sp³-hybridized carbons (Fsp3) is 0.172. The highest BCUT2D eigenvalue weighted by atomic mass is 16.2. The van der Waals surface area contributed by atoms with Gasteiger partial charge in [0.1, 0.15) is 5.82 Å². The summed E-state index contributed by atoms with van der Waals surface area (Å²) in [5.74, 6) is 5.47. The molecule has 5 aromatic rings. The molecule has 2 aromatic carbocycles. The van der Waals surface area contributed by atoms with Crippen molar-refractivity contribution in [3.05, 3.63) is 94.3 Å². The van der Waals surface area contributed by atoms with E-state index < -0.39 is 11.9 Å². The van der Waals surface area contributed by atoms with Crippen LogP contribution in [-0.2, 0) is 4.79 Å². The Morgan fingerprint density at radius 3 is 2.58 bits per heavy atom. The molecule has 0 aliphatic rings. The standard InChI is InChI=1S/C28H24N8O3.CH4/c1-17(32-27(38)24-25(29)34-22-14-8-16-31-36(22)24)26-33-21-13-6-9-19(10-7-15-30-18(2)37)23(21)28(39)35(26)20-11-4-3-5-12-20;/h3-6,8-9,11-14,16-17H,15,29H2,1-2H3,(H,30,37)(H,32,38);1H4/t17-;/m0./s1. The molecule has 0 fully saturated rings. The van der Waals surface area contributed by atoms with Crippen molar-refractivity contribution in [2.45, 2.75) is 27.3 Å². The number of nitrogens with two attached hydrogens (primary N) is 1. The number of benzene rings is 2. The Morgan fingerprint density at radius 2 is 1.82 bits per heavy atom. The second kappa shape index (κ2) is 11.5. The van der Waals surface area contributed by atoms with Gasteiger partial charge in [-0.25, -0.2) is 14.5 Å². The van der Waals surface area contributed by atoms with E-state index in [0.717, 1.165) is 0 Å². The first-order chi connectivity index (χ1) is 18.8. The largest absolute Gasteiger partial charge is 0.382 e. The first-order valence-electron chi connectivity index (χ1n) is 12.1. The molecule has 0 radical (unpaired) electrons. The van der Waals surface area contributed by atoms with Crippen LogP contribution >= 0.6 is 0 Å². The average molecular weight is 537 g/mol. The number of carbonyl (C=O) groups is 2. The summed E-state index contributed by atoms with van der Waals surface area (Å²) < 4.78 is 2.82. The number of anilines is 1. The molecule has 40 heavy (non-hydrogen) atoms. The molecule has 3 heterocycles. The molecule has 3 aromatic heterocycles. The van der Waals surface area contributed by atoms with Gasteiger partial charge in [0, 0.05) is 18.7 Å². The lowest BCUT2D eigenvalue weighted by atomic mass is 10.1. The van der Waals surface area contributed by atoms with Crippen molar-refractivity contribution >= 4 is 34.2 Å². The zero-order chi connectivity index (χ0) is 27.5. The van der Waals surface area contributed by atoms with Crippen LogP contribution < -0.4 is 21.9 Å². The molecule has 11 heteroatoms. The predicted molar refractivity (Wildman–Crippen MR) is 153 cm³/mol. The third-order valence-electron chi connectivity index (χ3n) is 5.96. The number of carbonyl (C=O) groups excluding carboxylic acids is 2. The molecule has 0 saturated carbocycles. The van der Waals surface area contributed by atoms with Gasteiger partial charge in [-0.2, -0.15) is 5.10 Å². The van der Waals surface area contributed by atoms with Crippen LogP contribution in [-0.4, -0.2) is 42.5 Å². The number of amides is 2. The fourth-order valence-electron chi connectivity index (χ4n) is 4.22. The molecule has 0 unspecified atom stereocenters.